The molecule has 0 bridgehead atoms. The van der Waals surface area contributed by atoms with Crippen LogP contribution in [0.2, 0.25) is 10.6 Å². The summed E-state index contributed by atoms with van der Waals surface area (Å²) < 4.78 is 12.4. The van der Waals surface area contributed by atoms with E-state index in [1.807, 2.05) is 39.8 Å². The second-order valence-electron chi connectivity index (χ2n) is 11.0. The van der Waals surface area contributed by atoms with Crippen molar-refractivity contribution < 1.29 is 9.47 Å². The molecule has 10 nitrogen and oxygen atoms in total. The van der Waals surface area contributed by atoms with Gasteiger partial charge in [0.2, 0.25) is 10.6 Å². The summed E-state index contributed by atoms with van der Waals surface area (Å²) in [5.74, 6) is 3.30. The zero-order valence-electron chi connectivity index (χ0n) is 26.7. The van der Waals surface area contributed by atoms with Gasteiger partial charge in [0.25, 0.3) is 0 Å². The highest BCUT2D eigenvalue weighted by Crippen LogP contribution is 2.36. The minimum Gasteiger partial charge on any atom is -0.493 e. The number of aromatic nitrogens is 4. The monoisotopic (exact) mass is 780 g/mol. The van der Waals surface area contributed by atoms with Crippen LogP contribution < -0.4 is 25.4 Å². The molecule has 0 spiro atoms. The molecule has 0 radical (unpaired) electrons. The summed E-state index contributed by atoms with van der Waals surface area (Å²) in [5, 5.41) is 10.8. The standard InChI is InChI=1S/C21H28BrClN4O2.C10H15ClN4.2ClH/c1-4-28-17-11-15(12-18(20(17)22)29-5-2)13-27-8-6-16(7-9-27)25-19-10-14(3)24-21(23)26-19;1-7-6-9(15-10(11)13-7)14-8-2-4-12-5-3-8;;/h10-12,16H,4-9,13H2,1-3H3,(H,24,25,26);6,8,12H,2-5H2,1H3,(H,13,14,15);2*1H. The van der Waals surface area contributed by atoms with Gasteiger partial charge in [-0.15, -0.1) is 24.8 Å². The first kappa shape index (κ1) is 40.3. The van der Waals surface area contributed by atoms with Crippen LogP contribution in [0, 0.1) is 13.8 Å². The molecule has 3 aromatic rings. The quantitative estimate of drug-likeness (QED) is 0.179. The minimum atomic E-state index is 0. The lowest BCUT2D eigenvalue weighted by Gasteiger charge is -2.32. The smallest absolute Gasteiger partial charge is 0.224 e. The molecule has 0 amide bonds. The van der Waals surface area contributed by atoms with Crippen molar-refractivity contribution in [3.05, 3.63) is 56.3 Å². The van der Waals surface area contributed by atoms with E-state index in [9.17, 15) is 0 Å². The number of rotatable bonds is 10. The van der Waals surface area contributed by atoms with E-state index >= 15 is 0 Å². The van der Waals surface area contributed by atoms with E-state index < -0.39 is 0 Å². The van der Waals surface area contributed by atoms with Crippen molar-refractivity contribution in [1.82, 2.24) is 30.2 Å². The van der Waals surface area contributed by atoms with Crippen LogP contribution >= 0.6 is 63.9 Å². The van der Waals surface area contributed by atoms with Gasteiger partial charge >= 0.3 is 0 Å². The average Bonchev–Trinajstić information content (AvgIpc) is 2.97. The lowest BCUT2D eigenvalue weighted by atomic mass is 10.0. The third kappa shape index (κ3) is 13.0. The Morgan fingerprint density at radius 1 is 0.783 bits per heavy atom. The highest BCUT2D eigenvalue weighted by atomic mass is 79.9. The van der Waals surface area contributed by atoms with Crippen molar-refractivity contribution in [2.75, 3.05) is 50.0 Å². The summed E-state index contributed by atoms with van der Waals surface area (Å²) in [6, 6.07) is 8.95. The lowest BCUT2D eigenvalue weighted by molar-refractivity contribution is 0.210. The Hall–Kier alpha value is -1.86. The molecule has 0 atom stereocenters. The van der Waals surface area contributed by atoms with Crippen LogP contribution in [0.3, 0.4) is 0 Å². The Bertz CT molecular complexity index is 1290. The minimum absolute atomic E-state index is 0. The molecular weight excluding hydrogens is 738 g/mol. The molecule has 2 aromatic heterocycles. The van der Waals surface area contributed by atoms with Crippen LogP contribution in [0.15, 0.2) is 28.7 Å². The molecule has 15 heteroatoms. The maximum Gasteiger partial charge on any atom is 0.224 e. The topological polar surface area (TPSA) is 109 Å². The number of hydrogen-bond donors (Lipinski definition) is 3. The van der Waals surface area contributed by atoms with Crippen LogP contribution in [-0.2, 0) is 6.54 Å². The highest BCUT2D eigenvalue weighted by Gasteiger charge is 2.21. The lowest BCUT2D eigenvalue weighted by Crippen LogP contribution is -2.38. The van der Waals surface area contributed by atoms with Gasteiger partial charge in [-0.25, -0.2) is 19.9 Å². The van der Waals surface area contributed by atoms with Gasteiger partial charge < -0.3 is 25.4 Å². The van der Waals surface area contributed by atoms with Crippen LogP contribution in [0.1, 0.15) is 56.5 Å². The fraction of sp³-hybridized carbons (Fsp3) is 0.548. The molecule has 3 N–H and O–H groups in total. The predicted octanol–water partition coefficient (Wildman–Crippen LogP) is 7.52. The van der Waals surface area contributed by atoms with E-state index in [-0.39, 0.29) is 30.1 Å². The largest absolute Gasteiger partial charge is 0.493 e. The highest BCUT2D eigenvalue weighted by molar-refractivity contribution is 9.10. The van der Waals surface area contributed by atoms with Crippen LogP contribution in [0.25, 0.3) is 0 Å². The van der Waals surface area contributed by atoms with Crippen molar-refractivity contribution in [3.8, 4) is 11.5 Å². The van der Waals surface area contributed by atoms with Gasteiger partial charge in [0.1, 0.15) is 27.6 Å². The van der Waals surface area contributed by atoms with Crippen LogP contribution in [0.4, 0.5) is 11.6 Å². The average molecular weight is 783 g/mol. The van der Waals surface area contributed by atoms with Gasteiger partial charge in [-0.2, -0.15) is 0 Å². The maximum absolute atomic E-state index is 5.97. The third-order valence-electron chi connectivity index (χ3n) is 7.36. The molecule has 5 rings (SSSR count). The molecular formula is C31H45BrCl4N8O2. The summed E-state index contributed by atoms with van der Waals surface area (Å²) in [6.45, 7) is 14.1. The number of likely N-dealkylation sites (tertiary alicyclic amines) is 1. The number of halogens is 5. The van der Waals surface area contributed by atoms with Crippen LogP contribution in [-0.4, -0.2) is 76.3 Å². The number of anilines is 2. The summed E-state index contributed by atoms with van der Waals surface area (Å²) >= 11 is 15.4. The van der Waals surface area contributed by atoms with Gasteiger partial charge in [-0.3, -0.25) is 4.90 Å². The molecule has 0 unspecified atom stereocenters. The number of benzene rings is 1. The second kappa shape index (κ2) is 20.5. The summed E-state index contributed by atoms with van der Waals surface area (Å²) in [6.07, 6.45) is 4.35. The normalized spacial score (nSPS) is 15.5. The molecule has 2 aliphatic rings. The van der Waals surface area contributed by atoms with E-state index in [1.54, 1.807) is 0 Å². The van der Waals surface area contributed by atoms with E-state index in [0.29, 0.717) is 30.6 Å². The Morgan fingerprint density at radius 2 is 1.24 bits per heavy atom. The second-order valence-corrected chi connectivity index (χ2v) is 12.4. The number of nitrogens with zero attached hydrogens (tertiary/aromatic N) is 5. The number of aryl methyl sites for hydroxylation is 2. The number of piperidine rings is 2. The molecule has 0 saturated carbocycles. The zero-order valence-corrected chi connectivity index (χ0v) is 31.5. The zero-order chi connectivity index (χ0) is 31.5. The van der Waals surface area contributed by atoms with Gasteiger partial charge in [0, 0.05) is 55.2 Å². The molecule has 2 aliphatic heterocycles. The number of nitrogens with one attached hydrogen (secondary N) is 3. The van der Waals surface area contributed by atoms with E-state index in [2.05, 4.69) is 68.8 Å². The van der Waals surface area contributed by atoms with Gasteiger partial charge in [0.15, 0.2) is 0 Å². The fourth-order valence-electron chi connectivity index (χ4n) is 5.33. The summed E-state index contributed by atoms with van der Waals surface area (Å²) in [4.78, 5) is 19.0. The van der Waals surface area contributed by atoms with E-state index in [0.717, 1.165) is 97.4 Å². The first-order valence-electron chi connectivity index (χ1n) is 15.3. The van der Waals surface area contributed by atoms with Crippen molar-refractivity contribution in [2.24, 2.45) is 0 Å². The fourth-order valence-corrected chi connectivity index (χ4v) is 6.24. The Balaban J connectivity index is 0.000000367. The number of ether oxygens (including phenoxy) is 2. The molecule has 0 aliphatic carbocycles. The van der Waals surface area contributed by atoms with Gasteiger partial charge in [-0.05, 0) is 123 Å². The van der Waals surface area contributed by atoms with Crippen molar-refractivity contribution >= 4 is 75.6 Å². The van der Waals surface area contributed by atoms with E-state index in [4.69, 9.17) is 32.7 Å². The Morgan fingerprint density at radius 3 is 1.67 bits per heavy atom. The maximum atomic E-state index is 5.97. The Kier molecular flexibility index (Phi) is 18.0. The summed E-state index contributed by atoms with van der Waals surface area (Å²) in [5.41, 5.74) is 2.96. The van der Waals surface area contributed by atoms with Crippen molar-refractivity contribution in [2.45, 2.75) is 72.0 Å². The molecule has 2 saturated heterocycles. The molecule has 4 heterocycles. The predicted molar refractivity (Wildman–Crippen MR) is 196 cm³/mol. The van der Waals surface area contributed by atoms with Crippen LogP contribution in [0.5, 0.6) is 11.5 Å². The SMILES string of the molecule is CCOc1cc(CN2CCC(Nc3cc(C)nc(Cl)n3)CC2)cc(OCC)c1Br.Cc1cc(NC2CCNCC2)nc(Cl)n1.Cl.Cl. The van der Waals surface area contributed by atoms with Crippen molar-refractivity contribution in [1.29, 1.82) is 0 Å². The third-order valence-corrected chi connectivity index (χ3v) is 8.48. The molecule has 46 heavy (non-hydrogen) atoms. The molecule has 2 fully saturated rings. The molecule has 1 aromatic carbocycles. The summed E-state index contributed by atoms with van der Waals surface area (Å²) in [7, 11) is 0. The first-order chi connectivity index (χ1) is 21.2. The molecule has 256 valence electrons. The first-order valence-corrected chi connectivity index (χ1v) is 16.8. The van der Waals surface area contributed by atoms with Gasteiger partial charge in [0.05, 0.1) is 13.2 Å². The Labute approximate surface area is 303 Å². The van der Waals surface area contributed by atoms with Crippen molar-refractivity contribution in [3.63, 3.8) is 0 Å². The number of hydrogen-bond acceptors (Lipinski definition) is 10. The van der Waals surface area contributed by atoms with E-state index in [1.165, 1.54) is 5.56 Å². The van der Waals surface area contributed by atoms with Gasteiger partial charge in [-0.1, -0.05) is 0 Å².